The van der Waals surface area contributed by atoms with Crippen LogP contribution in [0.15, 0.2) is 28.8 Å². The third-order valence-corrected chi connectivity index (χ3v) is 3.77. The molecule has 2 aromatic rings. The third kappa shape index (κ3) is 2.67. The average Bonchev–Trinajstić information content (AvgIpc) is 2.94. The van der Waals surface area contributed by atoms with Crippen LogP contribution in [0.2, 0.25) is 0 Å². The summed E-state index contributed by atoms with van der Waals surface area (Å²) in [5.41, 5.74) is 1.96. The molecular weight excluding hydrogens is 270 g/mol. The molecule has 0 spiro atoms. The topological polar surface area (TPSA) is 79.5 Å². The lowest BCUT2D eigenvalue weighted by molar-refractivity contribution is -0.144. The quantitative estimate of drug-likeness (QED) is 0.924. The van der Waals surface area contributed by atoms with Crippen LogP contribution in [0.25, 0.3) is 0 Å². The molecule has 1 aromatic carbocycles. The van der Waals surface area contributed by atoms with Crippen molar-refractivity contribution in [2.24, 2.45) is 0 Å². The van der Waals surface area contributed by atoms with Crippen LogP contribution < -0.4 is 0 Å². The van der Waals surface area contributed by atoms with Gasteiger partial charge in [0.25, 0.3) is 0 Å². The van der Waals surface area contributed by atoms with E-state index in [0.717, 1.165) is 17.5 Å². The van der Waals surface area contributed by atoms with Gasteiger partial charge in [-0.15, -0.1) is 0 Å². The first-order valence-corrected chi connectivity index (χ1v) is 7.05. The zero-order chi connectivity index (χ0) is 14.8. The smallest absolute Gasteiger partial charge is 0.325 e. The zero-order valence-corrected chi connectivity index (χ0v) is 11.8. The van der Waals surface area contributed by atoms with Crippen LogP contribution in [0.5, 0.6) is 0 Å². The maximum absolute atomic E-state index is 11.7. The van der Waals surface area contributed by atoms with Crippen molar-refractivity contribution in [3.8, 4) is 0 Å². The summed E-state index contributed by atoms with van der Waals surface area (Å²) in [6.45, 7) is 2.99. The number of aliphatic carboxylic acids is 1. The van der Waals surface area contributed by atoms with Crippen LogP contribution in [-0.4, -0.2) is 32.7 Å². The van der Waals surface area contributed by atoms with E-state index in [9.17, 15) is 9.90 Å². The van der Waals surface area contributed by atoms with E-state index in [1.54, 1.807) is 0 Å². The van der Waals surface area contributed by atoms with E-state index < -0.39 is 12.0 Å². The Balaban J connectivity index is 1.87. The molecule has 0 fully saturated rings. The van der Waals surface area contributed by atoms with Gasteiger partial charge < -0.3 is 9.63 Å². The molecule has 0 radical (unpaired) electrons. The number of rotatable bonds is 4. The van der Waals surface area contributed by atoms with Gasteiger partial charge in [0.2, 0.25) is 5.89 Å². The molecule has 1 N–H and O–H groups in total. The number of benzene rings is 1. The van der Waals surface area contributed by atoms with Crippen LogP contribution in [0.3, 0.4) is 0 Å². The van der Waals surface area contributed by atoms with E-state index >= 15 is 0 Å². The van der Waals surface area contributed by atoms with Gasteiger partial charge in [-0.2, -0.15) is 4.98 Å². The highest BCUT2D eigenvalue weighted by Gasteiger charge is 2.33. The van der Waals surface area contributed by atoms with Crippen LogP contribution in [0.4, 0.5) is 0 Å². The molecule has 1 atom stereocenters. The minimum absolute atomic E-state index is 0.384. The van der Waals surface area contributed by atoms with E-state index in [1.165, 1.54) is 0 Å². The summed E-state index contributed by atoms with van der Waals surface area (Å²) in [6.07, 6.45) is 1.51. The fraction of sp³-hybridized carbons (Fsp3) is 0.400. The van der Waals surface area contributed by atoms with Crippen molar-refractivity contribution in [3.05, 3.63) is 47.1 Å². The van der Waals surface area contributed by atoms with Crippen LogP contribution >= 0.6 is 0 Å². The minimum atomic E-state index is -0.846. The number of fused-ring (bicyclic) bond motifs is 1. The molecule has 0 saturated carbocycles. The van der Waals surface area contributed by atoms with Gasteiger partial charge in [-0.1, -0.05) is 36.3 Å². The lowest BCUT2D eigenvalue weighted by Crippen LogP contribution is -2.39. The first kappa shape index (κ1) is 13.8. The van der Waals surface area contributed by atoms with E-state index in [2.05, 4.69) is 10.1 Å². The Kier molecular flexibility index (Phi) is 3.70. The van der Waals surface area contributed by atoms with Gasteiger partial charge in [-0.3, -0.25) is 9.69 Å². The summed E-state index contributed by atoms with van der Waals surface area (Å²) in [7, 11) is 0. The summed E-state index contributed by atoms with van der Waals surface area (Å²) in [5, 5.41) is 13.5. The molecule has 6 heteroatoms. The van der Waals surface area contributed by atoms with Gasteiger partial charge >= 0.3 is 5.97 Å². The third-order valence-electron chi connectivity index (χ3n) is 3.77. The monoisotopic (exact) mass is 287 g/mol. The lowest BCUT2D eigenvalue weighted by Gasteiger charge is -2.33. The summed E-state index contributed by atoms with van der Waals surface area (Å²) < 4.78 is 5.09. The van der Waals surface area contributed by atoms with Crippen LogP contribution in [0, 0.1) is 0 Å². The van der Waals surface area contributed by atoms with Crippen molar-refractivity contribution in [2.75, 3.05) is 6.54 Å². The highest BCUT2D eigenvalue weighted by atomic mass is 16.5. The fourth-order valence-corrected chi connectivity index (χ4v) is 2.76. The lowest BCUT2D eigenvalue weighted by atomic mass is 9.92. The highest BCUT2D eigenvalue weighted by molar-refractivity contribution is 5.76. The predicted octanol–water partition coefficient (Wildman–Crippen LogP) is 1.82. The van der Waals surface area contributed by atoms with Crippen molar-refractivity contribution >= 4 is 5.97 Å². The van der Waals surface area contributed by atoms with Gasteiger partial charge in [-0.25, -0.2) is 0 Å². The number of aryl methyl sites for hydroxylation is 1. The van der Waals surface area contributed by atoms with E-state index in [-0.39, 0.29) is 0 Å². The zero-order valence-electron chi connectivity index (χ0n) is 11.8. The SMILES string of the molecule is CCc1nc(CN2CCc3ccccc3C2C(=O)O)no1. The molecule has 110 valence electrons. The summed E-state index contributed by atoms with van der Waals surface area (Å²) in [4.78, 5) is 17.8. The standard InChI is InChI=1S/C15H17N3O3/c1-2-13-16-12(17-21-13)9-18-8-7-10-5-3-4-6-11(10)14(18)15(19)20/h3-6,14H,2,7-9H2,1H3,(H,19,20). The average molecular weight is 287 g/mol. The van der Waals surface area contributed by atoms with Gasteiger partial charge in [0.1, 0.15) is 6.04 Å². The molecular formula is C15H17N3O3. The molecule has 1 aromatic heterocycles. The largest absolute Gasteiger partial charge is 0.480 e. The molecule has 1 unspecified atom stereocenters. The number of aromatic nitrogens is 2. The number of nitrogens with zero attached hydrogens (tertiary/aromatic N) is 3. The number of hydrogen-bond acceptors (Lipinski definition) is 5. The molecule has 6 nitrogen and oxygen atoms in total. The first-order chi connectivity index (χ1) is 10.2. The summed E-state index contributed by atoms with van der Waals surface area (Å²) in [5.74, 6) is 0.271. The Morgan fingerprint density at radius 2 is 2.29 bits per heavy atom. The van der Waals surface area contributed by atoms with Crippen LogP contribution in [-0.2, 0) is 24.2 Å². The molecule has 1 aliphatic heterocycles. The van der Waals surface area contributed by atoms with Crippen molar-refractivity contribution < 1.29 is 14.4 Å². The molecule has 0 amide bonds. The van der Waals surface area contributed by atoms with Gasteiger partial charge in [-0.05, 0) is 17.5 Å². The van der Waals surface area contributed by atoms with Gasteiger partial charge in [0.15, 0.2) is 5.82 Å². The predicted molar refractivity (Wildman–Crippen MR) is 74.6 cm³/mol. The van der Waals surface area contributed by atoms with E-state index in [1.807, 2.05) is 36.1 Å². The van der Waals surface area contributed by atoms with Crippen molar-refractivity contribution in [3.63, 3.8) is 0 Å². The molecule has 1 aliphatic rings. The number of hydrogen-bond donors (Lipinski definition) is 1. The van der Waals surface area contributed by atoms with Gasteiger partial charge in [0.05, 0.1) is 6.54 Å². The van der Waals surface area contributed by atoms with Gasteiger partial charge in [0, 0.05) is 13.0 Å². The maximum atomic E-state index is 11.7. The summed E-state index contributed by atoms with van der Waals surface area (Å²) >= 11 is 0. The van der Waals surface area contributed by atoms with Crippen molar-refractivity contribution in [1.82, 2.24) is 15.0 Å². The minimum Gasteiger partial charge on any atom is -0.480 e. The summed E-state index contributed by atoms with van der Waals surface area (Å²) in [6, 6.07) is 7.04. The number of carbonyl (C=O) groups is 1. The number of carboxylic acids is 1. The van der Waals surface area contributed by atoms with Crippen LogP contribution in [0.1, 0.15) is 35.8 Å². The molecule has 2 heterocycles. The van der Waals surface area contributed by atoms with Crippen molar-refractivity contribution in [2.45, 2.75) is 32.4 Å². The molecule has 0 bridgehead atoms. The number of carboxylic acid groups (broad SMARTS) is 1. The first-order valence-electron chi connectivity index (χ1n) is 7.05. The van der Waals surface area contributed by atoms with E-state index in [0.29, 0.717) is 31.2 Å². The Bertz CT molecular complexity index is 653. The second-order valence-corrected chi connectivity index (χ2v) is 5.12. The fourth-order valence-electron chi connectivity index (χ4n) is 2.76. The maximum Gasteiger partial charge on any atom is 0.325 e. The second kappa shape index (κ2) is 5.65. The second-order valence-electron chi connectivity index (χ2n) is 5.12. The van der Waals surface area contributed by atoms with Crippen molar-refractivity contribution in [1.29, 1.82) is 0 Å². The molecule has 21 heavy (non-hydrogen) atoms. The Morgan fingerprint density at radius 3 is 3.00 bits per heavy atom. The highest BCUT2D eigenvalue weighted by Crippen LogP contribution is 2.30. The normalized spacial score (nSPS) is 18.4. The Labute approximate surface area is 122 Å². The van der Waals surface area contributed by atoms with E-state index in [4.69, 9.17) is 4.52 Å². The molecule has 3 rings (SSSR count). The Morgan fingerprint density at radius 1 is 1.48 bits per heavy atom. The molecule has 0 aliphatic carbocycles. The molecule has 0 saturated heterocycles. The Hall–Kier alpha value is -2.21.